The summed E-state index contributed by atoms with van der Waals surface area (Å²) >= 11 is 1.69. The molecule has 24 heavy (non-hydrogen) atoms. The van der Waals surface area contributed by atoms with E-state index in [1.807, 2.05) is 6.07 Å². The lowest BCUT2D eigenvalue weighted by Gasteiger charge is -2.12. The predicted molar refractivity (Wildman–Crippen MR) is 105 cm³/mol. The van der Waals surface area contributed by atoms with E-state index in [2.05, 4.69) is 38.7 Å². The van der Waals surface area contributed by atoms with Crippen LogP contribution in [0.3, 0.4) is 0 Å². The summed E-state index contributed by atoms with van der Waals surface area (Å²) in [6.07, 6.45) is 0. The molecule has 0 amide bonds. The lowest BCUT2D eigenvalue weighted by atomic mass is 10.2. The normalized spacial score (nSPS) is 11.1. The Morgan fingerprint density at radius 2 is 2.00 bits per heavy atom. The SMILES string of the molecule is CN=C(NCc1cccc(OC(F)F)c1)NCc1sccc1C.I. The Balaban J connectivity index is 0.00000288. The third-order valence-corrected chi connectivity index (χ3v) is 4.21. The summed E-state index contributed by atoms with van der Waals surface area (Å²) in [4.78, 5) is 5.40. The Morgan fingerprint density at radius 3 is 2.62 bits per heavy atom. The molecule has 0 bridgehead atoms. The molecule has 2 aromatic rings. The van der Waals surface area contributed by atoms with E-state index in [9.17, 15) is 8.78 Å². The zero-order valence-corrected chi connectivity index (χ0v) is 16.5. The summed E-state index contributed by atoms with van der Waals surface area (Å²) in [5.41, 5.74) is 2.08. The van der Waals surface area contributed by atoms with Crippen LogP contribution in [0, 0.1) is 6.92 Å². The van der Waals surface area contributed by atoms with Crippen LogP contribution in [0.15, 0.2) is 40.7 Å². The van der Waals surface area contributed by atoms with Gasteiger partial charge in [0.05, 0.1) is 6.54 Å². The standard InChI is InChI=1S/C16H19F2N3OS.HI/c1-11-6-7-23-14(11)10-21-16(19-2)20-9-12-4-3-5-13(8-12)22-15(17)18;/h3-8,15H,9-10H2,1-2H3,(H2,19,20,21);1H. The summed E-state index contributed by atoms with van der Waals surface area (Å²) in [6, 6.07) is 8.67. The van der Waals surface area contributed by atoms with Gasteiger partial charge in [-0.05, 0) is 41.6 Å². The second-order valence-electron chi connectivity index (χ2n) is 4.83. The van der Waals surface area contributed by atoms with Crippen LogP contribution in [-0.4, -0.2) is 19.6 Å². The van der Waals surface area contributed by atoms with Gasteiger partial charge in [-0.1, -0.05) is 12.1 Å². The van der Waals surface area contributed by atoms with Crippen LogP contribution in [0.1, 0.15) is 16.0 Å². The lowest BCUT2D eigenvalue weighted by molar-refractivity contribution is -0.0498. The number of nitrogens with one attached hydrogen (secondary N) is 2. The van der Waals surface area contributed by atoms with E-state index in [4.69, 9.17) is 0 Å². The van der Waals surface area contributed by atoms with Crippen molar-refractivity contribution in [3.63, 3.8) is 0 Å². The maximum atomic E-state index is 12.2. The van der Waals surface area contributed by atoms with Gasteiger partial charge in [0.25, 0.3) is 0 Å². The third kappa shape index (κ3) is 6.60. The third-order valence-electron chi connectivity index (χ3n) is 3.19. The number of thiophene rings is 1. The van der Waals surface area contributed by atoms with Gasteiger partial charge in [0.15, 0.2) is 5.96 Å². The first-order chi connectivity index (χ1) is 11.1. The van der Waals surface area contributed by atoms with Gasteiger partial charge in [0.2, 0.25) is 0 Å². The monoisotopic (exact) mass is 467 g/mol. The molecule has 0 fully saturated rings. The van der Waals surface area contributed by atoms with E-state index in [0.717, 1.165) is 5.56 Å². The number of rotatable bonds is 6. The number of benzene rings is 1. The lowest BCUT2D eigenvalue weighted by Crippen LogP contribution is -2.36. The Kier molecular flexibility index (Phi) is 8.98. The second kappa shape index (κ2) is 10.4. The first-order valence-corrected chi connectivity index (χ1v) is 7.97. The molecule has 1 aromatic heterocycles. The van der Waals surface area contributed by atoms with Crippen molar-refractivity contribution in [2.45, 2.75) is 26.6 Å². The van der Waals surface area contributed by atoms with E-state index in [-0.39, 0.29) is 29.7 Å². The van der Waals surface area contributed by atoms with Crippen molar-refractivity contribution in [2.75, 3.05) is 7.05 Å². The Morgan fingerprint density at radius 1 is 1.25 bits per heavy atom. The van der Waals surface area contributed by atoms with Crippen molar-refractivity contribution in [3.8, 4) is 5.75 Å². The highest BCUT2D eigenvalue weighted by molar-refractivity contribution is 14.0. The summed E-state index contributed by atoms with van der Waals surface area (Å²) in [5.74, 6) is 0.800. The topological polar surface area (TPSA) is 45.7 Å². The molecule has 0 saturated carbocycles. The first kappa shape index (κ1) is 20.6. The molecular formula is C16H20F2IN3OS. The molecular weight excluding hydrogens is 447 g/mol. The van der Waals surface area contributed by atoms with Gasteiger partial charge in [0, 0.05) is 18.5 Å². The van der Waals surface area contributed by atoms with E-state index in [0.29, 0.717) is 19.0 Å². The van der Waals surface area contributed by atoms with Crippen molar-refractivity contribution in [3.05, 3.63) is 51.7 Å². The highest BCUT2D eigenvalue weighted by Crippen LogP contribution is 2.16. The number of aliphatic imine (C=N–C) groups is 1. The Hall–Kier alpha value is -1.42. The summed E-state index contributed by atoms with van der Waals surface area (Å²) in [5, 5.41) is 8.43. The molecule has 132 valence electrons. The van der Waals surface area contributed by atoms with Gasteiger partial charge in [-0.2, -0.15) is 8.78 Å². The minimum atomic E-state index is -2.82. The molecule has 2 N–H and O–H groups in total. The molecule has 0 atom stereocenters. The second-order valence-corrected chi connectivity index (χ2v) is 5.83. The average Bonchev–Trinajstić information content (AvgIpc) is 2.92. The zero-order chi connectivity index (χ0) is 16.7. The van der Waals surface area contributed by atoms with Crippen molar-refractivity contribution in [2.24, 2.45) is 4.99 Å². The maximum Gasteiger partial charge on any atom is 0.387 e. The molecule has 4 nitrogen and oxygen atoms in total. The van der Waals surface area contributed by atoms with Crippen LogP contribution in [-0.2, 0) is 13.1 Å². The van der Waals surface area contributed by atoms with Crippen molar-refractivity contribution < 1.29 is 13.5 Å². The highest BCUT2D eigenvalue weighted by atomic mass is 127. The molecule has 1 heterocycles. The molecule has 0 saturated heterocycles. The number of guanidine groups is 1. The molecule has 0 aliphatic carbocycles. The van der Waals surface area contributed by atoms with Gasteiger partial charge in [0.1, 0.15) is 5.75 Å². The smallest absolute Gasteiger partial charge is 0.387 e. The number of aryl methyl sites for hydroxylation is 1. The van der Waals surface area contributed by atoms with E-state index in [1.54, 1.807) is 30.5 Å². The van der Waals surface area contributed by atoms with Gasteiger partial charge < -0.3 is 15.4 Å². The van der Waals surface area contributed by atoms with Crippen LogP contribution >= 0.6 is 35.3 Å². The molecule has 0 radical (unpaired) electrons. The number of alkyl halides is 2. The maximum absolute atomic E-state index is 12.2. The summed E-state index contributed by atoms with van der Waals surface area (Å²) in [7, 11) is 1.69. The van der Waals surface area contributed by atoms with Gasteiger partial charge in [-0.15, -0.1) is 35.3 Å². The molecule has 1 aromatic carbocycles. The zero-order valence-electron chi connectivity index (χ0n) is 13.4. The number of halogens is 3. The van der Waals surface area contributed by atoms with Crippen molar-refractivity contribution >= 4 is 41.3 Å². The quantitative estimate of drug-likeness (QED) is 0.382. The Labute approximate surface area is 161 Å². The van der Waals surface area contributed by atoms with Crippen molar-refractivity contribution in [1.82, 2.24) is 10.6 Å². The fourth-order valence-corrected chi connectivity index (χ4v) is 2.83. The fraction of sp³-hybridized carbons (Fsp3) is 0.312. The molecule has 0 unspecified atom stereocenters. The van der Waals surface area contributed by atoms with Crippen LogP contribution in [0.5, 0.6) is 5.75 Å². The van der Waals surface area contributed by atoms with Crippen molar-refractivity contribution in [1.29, 1.82) is 0 Å². The largest absolute Gasteiger partial charge is 0.435 e. The molecule has 0 aliphatic rings. The predicted octanol–water partition coefficient (Wildman–Crippen LogP) is 4.14. The molecule has 8 heteroatoms. The Bertz CT molecular complexity index is 664. The van der Waals surface area contributed by atoms with Gasteiger partial charge in [-0.25, -0.2) is 0 Å². The van der Waals surface area contributed by atoms with Crippen LogP contribution in [0.25, 0.3) is 0 Å². The summed E-state index contributed by atoms with van der Waals surface area (Å²) in [6.45, 7) is 0.404. The number of ether oxygens (including phenoxy) is 1. The van der Waals surface area contributed by atoms with Crippen LogP contribution in [0.2, 0.25) is 0 Å². The van der Waals surface area contributed by atoms with Crippen LogP contribution in [0.4, 0.5) is 8.78 Å². The average molecular weight is 467 g/mol. The summed E-state index contributed by atoms with van der Waals surface area (Å²) < 4.78 is 28.8. The first-order valence-electron chi connectivity index (χ1n) is 7.09. The number of hydrogen-bond donors (Lipinski definition) is 2. The molecule has 2 rings (SSSR count). The number of hydrogen-bond acceptors (Lipinski definition) is 3. The molecule has 0 spiro atoms. The van der Waals surface area contributed by atoms with Gasteiger partial charge >= 0.3 is 6.61 Å². The fourth-order valence-electron chi connectivity index (χ4n) is 1.99. The minimum Gasteiger partial charge on any atom is -0.435 e. The number of nitrogens with zero attached hydrogens (tertiary/aromatic N) is 1. The molecule has 0 aliphatic heterocycles. The van der Waals surface area contributed by atoms with E-state index < -0.39 is 6.61 Å². The van der Waals surface area contributed by atoms with Gasteiger partial charge in [-0.3, -0.25) is 4.99 Å². The highest BCUT2D eigenvalue weighted by Gasteiger charge is 2.06. The van der Waals surface area contributed by atoms with E-state index in [1.165, 1.54) is 16.5 Å². The van der Waals surface area contributed by atoms with Crippen LogP contribution < -0.4 is 15.4 Å². The minimum absolute atomic E-state index is 0. The van der Waals surface area contributed by atoms with E-state index >= 15 is 0 Å².